The Morgan fingerprint density at radius 2 is 1.75 bits per heavy atom. The minimum absolute atomic E-state index is 0.0281. The molecule has 0 heterocycles. The predicted octanol–water partition coefficient (Wildman–Crippen LogP) is 4.76. The first-order valence-electron chi connectivity index (χ1n) is 8.51. The molecule has 3 rings (SSSR count). The van der Waals surface area contributed by atoms with Gasteiger partial charge in [0.2, 0.25) is 0 Å². The van der Waals surface area contributed by atoms with Crippen LogP contribution in [0.2, 0.25) is 5.02 Å². The Kier molecular flexibility index (Phi) is 6.24. The van der Waals surface area contributed by atoms with Gasteiger partial charge in [-0.3, -0.25) is 14.9 Å². The molecule has 0 aromatic heterocycles. The Morgan fingerprint density at radius 1 is 1.04 bits per heavy atom. The van der Waals surface area contributed by atoms with Crippen LogP contribution < -0.4 is 10.1 Å². The number of nitro benzene ring substituents is 1. The molecule has 3 aromatic carbocycles. The molecule has 3 aromatic rings. The first-order chi connectivity index (χ1) is 13.5. The fourth-order valence-corrected chi connectivity index (χ4v) is 2.86. The van der Waals surface area contributed by atoms with E-state index in [1.165, 1.54) is 12.1 Å². The second-order valence-corrected chi connectivity index (χ2v) is 6.39. The largest absolute Gasteiger partial charge is 0.489 e. The first kappa shape index (κ1) is 19.4. The molecule has 0 radical (unpaired) electrons. The van der Waals surface area contributed by atoms with Gasteiger partial charge >= 0.3 is 0 Å². The van der Waals surface area contributed by atoms with Gasteiger partial charge in [-0.15, -0.1) is 0 Å². The number of nitrogens with zero attached hydrogens (tertiary/aromatic N) is 1. The van der Waals surface area contributed by atoms with Gasteiger partial charge < -0.3 is 10.1 Å². The van der Waals surface area contributed by atoms with Gasteiger partial charge in [0.05, 0.1) is 15.5 Å². The summed E-state index contributed by atoms with van der Waals surface area (Å²) < 4.78 is 5.87. The van der Waals surface area contributed by atoms with Crippen LogP contribution in [0.15, 0.2) is 72.8 Å². The summed E-state index contributed by atoms with van der Waals surface area (Å²) in [7, 11) is 0. The van der Waals surface area contributed by atoms with Gasteiger partial charge in [0.25, 0.3) is 11.6 Å². The average molecular weight is 397 g/mol. The third-order valence-corrected chi connectivity index (χ3v) is 4.37. The topological polar surface area (TPSA) is 81.5 Å². The highest BCUT2D eigenvalue weighted by molar-refractivity contribution is 6.34. The second kappa shape index (κ2) is 9.01. The van der Waals surface area contributed by atoms with Crippen molar-refractivity contribution in [1.29, 1.82) is 0 Å². The highest BCUT2D eigenvalue weighted by Gasteiger charge is 2.15. The highest BCUT2D eigenvalue weighted by atomic mass is 35.5. The summed E-state index contributed by atoms with van der Waals surface area (Å²) in [6.45, 7) is 0.650. The molecule has 0 fully saturated rings. The van der Waals surface area contributed by atoms with Crippen molar-refractivity contribution in [2.75, 3.05) is 0 Å². The summed E-state index contributed by atoms with van der Waals surface area (Å²) >= 11 is 6.01. The monoisotopic (exact) mass is 396 g/mol. The minimum atomic E-state index is -0.562. The summed E-state index contributed by atoms with van der Waals surface area (Å²) in [4.78, 5) is 22.6. The van der Waals surface area contributed by atoms with Gasteiger partial charge in [0.1, 0.15) is 12.4 Å². The molecule has 0 spiro atoms. The van der Waals surface area contributed by atoms with Crippen molar-refractivity contribution >= 4 is 23.2 Å². The van der Waals surface area contributed by atoms with E-state index in [4.69, 9.17) is 16.3 Å². The molecule has 0 unspecified atom stereocenters. The van der Waals surface area contributed by atoms with E-state index in [0.29, 0.717) is 12.4 Å². The Bertz CT molecular complexity index is 993. The normalized spacial score (nSPS) is 10.3. The molecule has 0 aliphatic carbocycles. The lowest BCUT2D eigenvalue weighted by Gasteiger charge is -2.13. The van der Waals surface area contributed by atoms with Crippen LogP contribution in [0.1, 0.15) is 21.5 Å². The standard InChI is InChI=1S/C21H17ClN2O4/c22-19-12-17(24(26)27)10-11-18(19)21(25)23-13-16-8-4-5-9-20(16)28-14-15-6-2-1-3-7-15/h1-12H,13-14H2,(H,23,25). The lowest BCUT2D eigenvalue weighted by Crippen LogP contribution is -2.23. The number of halogens is 1. The Morgan fingerprint density at radius 3 is 2.46 bits per heavy atom. The Labute approximate surface area is 166 Å². The highest BCUT2D eigenvalue weighted by Crippen LogP contribution is 2.23. The summed E-state index contributed by atoms with van der Waals surface area (Å²) in [5.41, 5.74) is 1.86. The number of para-hydroxylation sites is 1. The number of nitro groups is 1. The zero-order valence-electron chi connectivity index (χ0n) is 14.8. The maximum atomic E-state index is 12.4. The van der Waals surface area contributed by atoms with Crippen molar-refractivity contribution in [2.45, 2.75) is 13.2 Å². The van der Waals surface area contributed by atoms with E-state index in [-0.39, 0.29) is 22.8 Å². The zero-order chi connectivity index (χ0) is 19.9. The van der Waals surface area contributed by atoms with Crippen molar-refractivity contribution in [1.82, 2.24) is 5.32 Å². The fraction of sp³-hybridized carbons (Fsp3) is 0.0952. The van der Waals surface area contributed by atoms with Crippen molar-refractivity contribution in [2.24, 2.45) is 0 Å². The van der Waals surface area contributed by atoms with Crippen LogP contribution in [0.5, 0.6) is 5.75 Å². The fourth-order valence-electron chi connectivity index (χ4n) is 2.60. The van der Waals surface area contributed by atoms with Gasteiger partial charge in [-0.2, -0.15) is 0 Å². The molecule has 1 N–H and O–H groups in total. The Balaban J connectivity index is 1.66. The number of carbonyl (C=O) groups is 1. The number of benzene rings is 3. The van der Waals surface area contributed by atoms with Crippen LogP contribution in [0.25, 0.3) is 0 Å². The minimum Gasteiger partial charge on any atom is -0.489 e. The summed E-state index contributed by atoms with van der Waals surface area (Å²) in [6.07, 6.45) is 0. The average Bonchev–Trinajstić information content (AvgIpc) is 2.71. The first-order valence-corrected chi connectivity index (χ1v) is 8.89. The van der Waals surface area contributed by atoms with E-state index in [1.807, 2.05) is 54.6 Å². The molecule has 0 bridgehead atoms. The van der Waals surface area contributed by atoms with Crippen LogP contribution in [0.3, 0.4) is 0 Å². The van der Waals surface area contributed by atoms with E-state index in [1.54, 1.807) is 0 Å². The second-order valence-electron chi connectivity index (χ2n) is 5.99. The third-order valence-electron chi connectivity index (χ3n) is 4.06. The molecule has 1 amide bonds. The summed E-state index contributed by atoms with van der Waals surface area (Å²) in [6, 6.07) is 20.9. The van der Waals surface area contributed by atoms with Crippen molar-refractivity contribution in [3.63, 3.8) is 0 Å². The van der Waals surface area contributed by atoms with Crippen LogP contribution in [0.4, 0.5) is 5.69 Å². The van der Waals surface area contributed by atoms with Gasteiger partial charge in [0, 0.05) is 24.2 Å². The molecule has 0 saturated carbocycles. The lowest BCUT2D eigenvalue weighted by molar-refractivity contribution is -0.384. The molecule has 0 aliphatic heterocycles. The molecule has 7 heteroatoms. The number of nitrogens with one attached hydrogen (secondary N) is 1. The van der Waals surface area contributed by atoms with Gasteiger partial charge in [-0.25, -0.2) is 0 Å². The van der Waals surface area contributed by atoms with Crippen molar-refractivity contribution in [3.8, 4) is 5.75 Å². The van der Waals surface area contributed by atoms with Crippen LogP contribution >= 0.6 is 11.6 Å². The maximum Gasteiger partial charge on any atom is 0.270 e. The van der Waals surface area contributed by atoms with E-state index in [0.717, 1.165) is 17.2 Å². The van der Waals surface area contributed by atoms with Crippen molar-refractivity contribution < 1.29 is 14.5 Å². The third kappa shape index (κ3) is 4.86. The van der Waals surface area contributed by atoms with Gasteiger partial charge in [-0.05, 0) is 17.7 Å². The van der Waals surface area contributed by atoms with Gasteiger partial charge in [-0.1, -0.05) is 60.1 Å². The molecule has 6 nitrogen and oxygen atoms in total. The number of hydrogen-bond donors (Lipinski definition) is 1. The molecule has 0 saturated heterocycles. The number of carbonyl (C=O) groups excluding carboxylic acids is 1. The number of rotatable bonds is 7. The molecule has 142 valence electrons. The summed E-state index contributed by atoms with van der Waals surface area (Å²) in [5.74, 6) is 0.249. The molecular formula is C21H17ClN2O4. The quantitative estimate of drug-likeness (QED) is 0.461. The van der Waals surface area contributed by atoms with Crippen LogP contribution in [-0.4, -0.2) is 10.8 Å². The molecular weight excluding hydrogens is 380 g/mol. The lowest BCUT2D eigenvalue weighted by atomic mass is 10.1. The van der Waals surface area contributed by atoms with E-state index < -0.39 is 10.8 Å². The van der Waals surface area contributed by atoms with Crippen molar-refractivity contribution in [3.05, 3.63) is 105 Å². The van der Waals surface area contributed by atoms with Gasteiger partial charge in [0.15, 0.2) is 0 Å². The molecule has 0 atom stereocenters. The zero-order valence-corrected chi connectivity index (χ0v) is 15.6. The number of non-ortho nitro benzene ring substituents is 1. The molecule has 28 heavy (non-hydrogen) atoms. The predicted molar refractivity (Wildman–Crippen MR) is 106 cm³/mol. The van der Waals surface area contributed by atoms with E-state index in [2.05, 4.69) is 5.32 Å². The van der Waals surface area contributed by atoms with E-state index in [9.17, 15) is 14.9 Å². The SMILES string of the molecule is O=C(NCc1ccccc1OCc1ccccc1)c1ccc([N+](=O)[O-])cc1Cl. The summed E-state index contributed by atoms with van der Waals surface area (Å²) in [5, 5.41) is 13.6. The van der Waals surface area contributed by atoms with Crippen LogP contribution in [-0.2, 0) is 13.2 Å². The van der Waals surface area contributed by atoms with Crippen LogP contribution in [0, 0.1) is 10.1 Å². The number of hydrogen-bond acceptors (Lipinski definition) is 4. The number of ether oxygens (including phenoxy) is 1. The smallest absolute Gasteiger partial charge is 0.270 e. The maximum absolute atomic E-state index is 12.4. The Hall–Kier alpha value is -3.38. The number of amides is 1. The molecule has 0 aliphatic rings. The van der Waals surface area contributed by atoms with E-state index >= 15 is 0 Å².